The minimum Gasteiger partial charge on any atom is -0.481 e. The molecule has 0 amide bonds. The monoisotopic (exact) mass is 428 g/mol. The van der Waals surface area contributed by atoms with E-state index in [0.29, 0.717) is 22.5 Å². The summed E-state index contributed by atoms with van der Waals surface area (Å²) in [6.07, 6.45) is 3.46. The molecule has 30 heavy (non-hydrogen) atoms. The molecule has 3 rings (SSSR count). The number of halogens is 1. The van der Waals surface area contributed by atoms with E-state index >= 15 is 0 Å². The Kier molecular flexibility index (Phi) is 7.41. The second kappa shape index (κ2) is 10.2. The third-order valence-corrected chi connectivity index (χ3v) is 4.96. The van der Waals surface area contributed by atoms with Crippen LogP contribution in [0, 0.1) is 6.92 Å². The molecule has 0 unspecified atom stereocenters. The van der Waals surface area contributed by atoms with E-state index in [1.54, 1.807) is 6.07 Å². The molecule has 0 radical (unpaired) electrons. The van der Waals surface area contributed by atoms with Gasteiger partial charge in [0.15, 0.2) is 0 Å². The van der Waals surface area contributed by atoms with E-state index in [9.17, 15) is 0 Å². The highest BCUT2D eigenvalue weighted by atomic mass is 35.5. The molecule has 0 spiro atoms. The van der Waals surface area contributed by atoms with Crippen molar-refractivity contribution in [2.75, 3.05) is 14.2 Å². The maximum Gasteiger partial charge on any atom is 0.328 e. The van der Waals surface area contributed by atoms with Gasteiger partial charge >= 0.3 is 6.01 Å². The first-order chi connectivity index (χ1) is 14.5. The number of aromatic nitrogens is 4. The van der Waals surface area contributed by atoms with Crippen LogP contribution in [0.4, 0.5) is 0 Å². The van der Waals surface area contributed by atoms with Crippen molar-refractivity contribution in [2.45, 2.75) is 39.5 Å². The molecular weight excluding hydrogens is 404 g/mol. The zero-order chi connectivity index (χ0) is 21.5. The summed E-state index contributed by atoms with van der Waals surface area (Å²) in [5.74, 6) is 2.15. The van der Waals surface area contributed by atoms with E-state index in [4.69, 9.17) is 25.8 Å². The van der Waals surface area contributed by atoms with E-state index in [1.807, 2.05) is 38.1 Å². The van der Waals surface area contributed by atoms with Crippen LogP contribution in [-0.2, 0) is 19.3 Å². The molecule has 0 aliphatic rings. The molecule has 158 valence electrons. The first kappa shape index (κ1) is 21.8. The molecule has 0 bridgehead atoms. The van der Waals surface area contributed by atoms with Gasteiger partial charge < -0.3 is 14.2 Å². The lowest BCUT2D eigenvalue weighted by Crippen LogP contribution is -2.03. The Labute approximate surface area is 181 Å². The van der Waals surface area contributed by atoms with Crippen molar-refractivity contribution >= 4 is 11.6 Å². The lowest BCUT2D eigenvalue weighted by atomic mass is 10.1. The smallest absolute Gasteiger partial charge is 0.328 e. The summed E-state index contributed by atoms with van der Waals surface area (Å²) in [5.41, 5.74) is 3.03. The minimum atomic E-state index is 0.166. The van der Waals surface area contributed by atoms with Gasteiger partial charge in [-0.3, -0.25) is 0 Å². The fraction of sp³-hybridized carbons (Fsp3) is 0.364. The highest BCUT2D eigenvalue weighted by Gasteiger charge is 2.10. The Morgan fingerprint density at radius 3 is 2.10 bits per heavy atom. The molecule has 0 fully saturated rings. The van der Waals surface area contributed by atoms with Gasteiger partial charge in [0.25, 0.3) is 0 Å². The van der Waals surface area contributed by atoms with Crippen molar-refractivity contribution in [3.05, 3.63) is 58.1 Å². The second-order valence-corrected chi connectivity index (χ2v) is 7.04. The first-order valence-corrected chi connectivity index (χ1v) is 10.2. The van der Waals surface area contributed by atoms with Gasteiger partial charge in [-0.2, -0.15) is 9.97 Å². The first-order valence-electron chi connectivity index (χ1n) is 9.78. The Morgan fingerprint density at radius 1 is 0.867 bits per heavy atom. The van der Waals surface area contributed by atoms with E-state index < -0.39 is 0 Å². The van der Waals surface area contributed by atoms with Gasteiger partial charge in [0.05, 0.1) is 36.7 Å². The lowest BCUT2D eigenvalue weighted by Gasteiger charge is -2.09. The van der Waals surface area contributed by atoms with Crippen LogP contribution in [0.1, 0.15) is 36.1 Å². The molecule has 0 aliphatic carbocycles. The minimum absolute atomic E-state index is 0.166. The standard InChI is InChI=1S/C22H25ClN4O3/c1-5-17-21(23)18(25-14(2)24-17)8-6-7-15-9-11-16(12-10-15)30-22-26-19(28-3)13-20(27-22)29-4/h9-13H,5-8H2,1-4H3. The van der Waals surface area contributed by atoms with Crippen LogP contribution in [0.25, 0.3) is 0 Å². The molecule has 2 heterocycles. The van der Waals surface area contributed by atoms with Crippen LogP contribution in [0.3, 0.4) is 0 Å². The van der Waals surface area contributed by atoms with Crippen LogP contribution in [0.15, 0.2) is 30.3 Å². The SMILES string of the molecule is CCc1nc(C)nc(CCCc2ccc(Oc3nc(OC)cc(OC)n3)cc2)c1Cl. The Bertz CT molecular complexity index is 974. The fourth-order valence-electron chi connectivity index (χ4n) is 3.01. The number of hydrogen-bond acceptors (Lipinski definition) is 7. The van der Waals surface area contributed by atoms with Crippen LogP contribution in [0.5, 0.6) is 23.5 Å². The average molecular weight is 429 g/mol. The summed E-state index contributed by atoms with van der Waals surface area (Å²) < 4.78 is 16.0. The lowest BCUT2D eigenvalue weighted by molar-refractivity contribution is 0.348. The summed E-state index contributed by atoms with van der Waals surface area (Å²) in [6, 6.07) is 9.59. The highest BCUT2D eigenvalue weighted by Crippen LogP contribution is 2.25. The average Bonchev–Trinajstić information content (AvgIpc) is 2.76. The zero-order valence-electron chi connectivity index (χ0n) is 17.6. The van der Waals surface area contributed by atoms with E-state index in [0.717, 1.165) is 42.9 Å². The topological polar surface area (TPSA) is 79.3 Å². The molecule has 1 aromatic carbocycles. The van der Waals surface area contributed by atoms with Crippen molar-refractivity contribution in [3.63, 3.8) is 0 Å². The van der Waals surface area contributed by atoms with Gasteiger partial charge in [0.2, 0.25) is 11.8 Å². The van der Waals surface area contributed by atoms with Crippen LogP contribution in [-0.4, -0.2) is 34.2 Å². The molecule has 0 aliphatic heterocycles. The number of rotatable bonds is 9. The van der Waals surface area contributed by atoms with Crippen LogP contribution < -0.4 is 14.2 Å². The number of hydrogen-bond donors (Lipinski definition) is 0. The molecule has 0 saturated heterocycles. The summed E-state index contributed by atoms with van der Waals surface area (Å²) in [4.78, 5) is 17.2. The zero-order valence-corrected chi connectivity index (χ0v) is 18.4. The highest BCUT2D eigenvalue weighted by molar-refractivity contribution is 6.31. The molecule has 0 N–H and O–H groups in total. The number of ether oxygens (including phenoxy) is 3. The Hall–Kier alpha value is -2.93. The van der Waals surface area contributed by atoms with Gasteiger partial charge in [-0.1, -0.05) is 30.7 Å². The second-order valence-electron chi connectivity index (χ2n) is 6.67. The normalized spacial score (nSPS) is 10.7. The largest absolute Gasteiger partial charge is 0.481 e. The number of methoxy groups -OCH3 is 2. The van der Waals surface area contributed by atoms with Crippen LogP contribution >= 0.6 is 11.6 Å². The van der Waals surface area contributed by atoms with Crippen LogP contribution in [0.2, 0.25) is 5.02 Å². The van der Waals surface area contributed by atoms with Gasteiger partial charge in [-0.25, -0.2) is 9.97 Å². The van der Waals surface area contributed by atoms with Gasteiger partial charge in [0.1, 0.15) is 11.6 Å². The van der Waals surface area contributed by atoms with Crippen molar-refractivity contribution in [1.29, 1.82) is 0 Å². The summed E-state index contributed by atoms with van der Waals surface area (Å²) in [7, 11) is 3.05. The third kappa shape index (κ3) is 5.57. The van der Waals surface area contributed by atoms with Gasteiger partial charge in [-0.05, 0) is 50.3 Å². The van der Waals surface area contributed by atoms with Crippen molar-refractivity contribution in [3.8, 4) is 23.5 Å². The maximum atomic E-state index is 6.43. The molecule has 3 aromatic rings. The van der Waals surface area contributed by atoms with Crippen molar-refractivity contribution < 1.29 is 14.2 Å². The van der Waals surface area contributed by atoms with Gasteiger partial charge in [-0.15, -0.1) is 0 Å². The quantitative estimate of drug-likeness (QED) is 0.485. The predicted molar refractivity (Wildman–Crippen MR) is 115 cm³/mol. The van der Waals surface area contributed by atoms with E-state index in [1.165, 1.54) is 19.8 Å². The summed E-state index contributed by atoms with van der Waals surface area (Å²) in [6.45, 7) is 3.95. The molecule has 8 heteroatoms. The predicted octanol–water partition coefficient (Wildman–Crippen LogP) is 4.78. The van der Waals surface area contributed by atoms with Crippen molar-refractivity contribution in [1.82, 2.24) is 19.9 Å². The Morgan fingerprint density at radius 2 is 1.50 bits per heavy atom. The fourth-order valence-corrected chi connectivity index (χ4v) is 3.32. The van der Waals surface area contributed by atoms with Gasteiger partial charge in [0, 0.05) is 0 Å². The maximum absolute atomic E-state index is 6.43. The summed E-state index contributed by atoms with van der Waals surface area (Å²) in [5, 5.41) is 0.695. The Balaban J connectivity index is 1.60. The summed E-state index contributed by atoms with van der Waals surface area (Å²) >= 11 is 6.43. The number of aryl methyl sites for hydroxylation is 4. The molecule has 2 aromatic heterocycles. The molecular formula is C22H25ClN4O3. The van der Waals surface area contributed by atoms with E-state index in [2.05, 4.69) is 19.9 Å². The molecule has 0 atom stereocenters. The number of benzene rings is 1. The molecule has 7 nitrogen and oxygen atoms in total. The third-order valence-electron chi connectivity index (χ3n) is 4.52. The number of nitrogens with zero attached hydrogens (tertiary/aromatic N) is 4. The van der Waals surface area contributed by atoms with Crippen molar-refractivity contribution in [2.24, 2.45) is 0 Å². The molecule has 0 saturated carbocycles. The van der Waals surface area contributed by atoms with E-state index in [-0.39, 0.29) is 6.01 Å².